The number of hydrogen-bond acceptors (Lipinski definition) is 3. The van der Waals surface area contributed by atoms with Crippen molar-refractivity contribution in [3.05, 3.63) is 87.1 Å². The summed E-state index contributed by atoms with van der Waals surface area (Å²) < 4.78 is 0. The fourth-order valence-corrected chi connectivity index (χ4v) is 3.30. The number of aromatic nitrogens is 3. The summed E-state index contributed by atoms with van der Waals surface area (Å²) in [6.45, 7) is 2.18. The number of hydrogen-bond donors (Lipinski definition) is 2. The van der Waals surface area contributed by atoms with Crippen LogP contribution in [0.25, 0.3) is 0 Å². The summed E-state index contributed by atoms with van der Waals surface area (Å²) >= 11 is 0. The van der Waals surface area contributed by atoms with E-state index in [0.29, 0.717) is 17.7 Å². The lowest BCUT2D eigenvalue weighted by molar-refractivity contribution is 0.0733. The van der Waals surface area contributed by atoms with E-state index < -0.39 is 6.04 Å². The summed E-state index contributed by atoms with van der Waals surface area (Å²) in [5.74, 6) is -0.0822. The fourth-order valence-electron chi connectivity index (χ4n) is 3.30. The lowest BCUT2D eigenvalue weighted by Gasteiger charge is -2.24. The maximum absolute atomic E-state index is 12.9. The standard InChI is InChI=1S/C18H16N4O2/c1-11-15(17(23)21-20-11)16-13-7-2-3-8-14(13)18(24)22(16)10-12-6-4-5-9-19-12/h2-9,16H,10H2,1H3,(H2,20,21,23). The molecule has 3 aromatic rings. The second kappa shape index (κ2) is 5.49. The van der Waals surface area contributed by atoms with Gasteiger partial charge in [0.2, 0.25) is 0 Å². The maximum Gasteiger partial charge on any atom is 0.269 e. The molecule has 6 heteroatoms. The van der Waals surface area contributed by atoms with Crippen molar-refractivity contribution in [3.8, 4) is 0 Å². The predicted molar refractivity (Wildman–Crippen MR) is 88.5 cm³/mol. The number of benzene rings is 1. The van der Waals surface area contributed by atoms with Gasteiger partial charge in [0, 0.05) is 17.5 Å². The molecule has 1 aliphatic heterocycles. The fraction of sp³-hybridized carbons (Fsp3) is 0.167. The molecule has 2 N–H and O–H groups in total. The molecule has 3 heterocycles. The molecule has 0 saturated carbocycles. The number of fused-ring (bicyclic) bond motifs is 1. The van der Waals surface area contributed by atoms with Crippen LogP contribution < -0.4 is 5.56 Å². The minimum Gasteiger partial charge on any atom is -0.321 e. The van der Waals surface area contributed by atoms with Crippen molar-refractivity contribution >= 4 is 5.91 Å². The number of carbonyl (C=O) groups excluding carboxylic acids is 1. The van der Waals surface area contributed by atoms with Crippen molar-refractivity contribution in [1.82, 2.24) is 20.1 Å². The molecule has 2 aromatic heterocycles. The molecule has 0 spiro atoms. The Bertz CT molecular complexity index is 958. The van der Waals surface area contributed by atoms with Crippen molar-refractivity contribution in [3.63, 3.8) is 0 Å². The largest absolute Gasteiger partial charge is 0.321 e. The molecule has 24 heavy (non-hydrogen) atoms. The second-order valence-corrected chi connectivity index (χ2v) is 5.86. The third-order valence-corrected chi connectivity index (χ3v) is 4.40. The monoisotopic (exact) mass is 320 g/mol. The summed E-state index contributed by atoms with van der Waals surface area (Å²) in [5, 5.41) is 5.46. The summed E-state index contributed by atoms with van der Waals surface area (Å²) in [6, 6.07) is 12.6. The van der Waals surface area contributed by atoms with E-state index in [2.05, 4.69) is 15.2 Å². The molecule has 1 aromatic carbocycles. The number of amides is 1. The van der Waals surface area contributed by atoms with E-state index in [1.807, 2.05) is 43.3 Å². The first-order valence-corrected chi connectivity index (χ1v) is 7.74. The van der Waals surface area contributed by atoms with Gasteiger partial charge >= 0.3 is 0 Å². The van der Waals surface area contributed by atoms with Gasteiger partial charge < -0.3 is 10.00 Å². The zero-order valence-corrected chi connectivity index (χ0v) is 13.1. The van der Waals surface area contributed by atoms with E-state index in [0.717, 1.165) is 17.0 Å². The SMILES string of the molecule is Cc1[nH][nH]c(=O)c1C1c2ccccc2C(=O)N1Cc1ccccn1. The summed E-state index contributed by atoms with van der Waals surface area (Å²) in [7, 11) is 0. The summed E-state index contributed by atoms with van der Waals surface area (Å²) in [5.41, 5.74) is 3.39. The summed E-state index contributed by atoms with van der Waals surface area (Å²) in [6.07, 6.45) is 1.70. The molecule has 0 aliphatic carbocycles. The zero-order chi connectivity index (χ0) is 16.7. The highest BCUT2D eigenvalue weighted by molar-refractivity contribution is 5.99. The first-order valence-electron chi connectivity index (χ1n) is 7.74. The Morgan fingerprint density at radius 1 is 1.08 bits per heavy atom. The molecule has 0 radical (unpaired) electrons. The molecular weight excluding hydrogens is 304 g/mol. The number of carbonyl (C=O) groups is 1. The van der Waals surface area contributed by atoms with Crippen LogP contribution in [0.1, 0.15) is 38.9 Å². The number of aromatic amines is 2. The van der Waals surface area contributed by atoms with Gasteiger partial charge in [-0.1, -0.05) is 24.3 Å². The third kappa shape index (κ3) is 2.15. The molecule has 1 aliphatic rings. The number of H-pyrrole nitrogens is 2. The number of aryl methyl sites for hydroxylation is 1. The van der Waals surface area contributed by atoms with Crippen LogP contribution in [0.15, 0.2) is 53.5 Å². The lowest BCUT2D eigenvalue weighted by Crippen LogP contribution is -2.31. The molecule has 0 saturated heterocycles. The first-order chi connectivity index (χ1) is 11.7. The van der Waals surface area contributed by atoms with Gasteiger partial charge in [-0.15, -0.1) is 0 Å². The number of rotatable bonds is 3. The van der Waals surface area contributed by atoms with Crippen LogP contribution in [-0.4, -0.2) is 26.0 Å². The van der Waals surface area contributed by atoms with Crippen molar-refractivity contribution in [1.29, 1.82) is 0 Å². The number of pyridine rings is 1. The van der Waals surface area contributed by atoms with Gasteiger partial charge in [-0.25, -0.2) is 0 Å². The second-order valence-electron chi connectivity index (χ2n) is 5.86. The van der Waals surface area contributed by atoms with Crippen molar-refractivity contribution in [2.45, 2.75) is 19.5 Å². The van der Waals surface area contributed by atoms with Crippen LogP contribution in [0.5, 0.6) is 0 Å². The van der Waals surface area contributed by atoms with Crippen molar-refractivity contribution in [2.24, 2.45) is 0 Å². The topological polar surface area (TPSA) is 81.8 Å². The minimum atomic E-state index is -0.411. The molecule has 1 unspecified atom stereocenters. The van der Waals surface area contributed by atoms with Crippen LogP contribution in [0.2, 0.25) is 0 Å². The molecule has 0 fully saturated rings. The van der Waals surface area contributed by atoms with E-state index in [1.165, 1.54) is 0 Å². The van der Waals surface area contributed by atoms with Crippen LogP contribution in [-0.2, 0) is 6.54 Å². The number of nitrogens with zero attached hydrogens (tertiary/aromatic N) is 2. The Labute approximate surface area is 138 Å². The molecule has 120 valence electrons. The third-order valence-electron chi connectivity index (χ3n) is 4.40. The van der Waals surface area contributed by atoms with Gasteiger partial charge in [0.05, 0.1) is 23.8 Å². The first kappa shape index (κ1) is 14.4. The van der Waals surface area contributed by atoms with Gasteiger partial charge in [0.25, 0.3) is 11.5 Å². The van der Waals surface area contributed by atoms with Gasteiger partial charge in [-0.05, 0) is 30.7 Å². The molecule has 1 atom stereocenters. The molecule has 0 bridgehead atoms. The van der Waals surface area contributed by atoms with E-state index >= 15 is 0 Å². The van der Waals surface area contributed by atoms with E-state index in [4.69, 9.17) is 0 Å². The lowest BCUT2D eigenvalue weighted by atomic mass is 9.98. The van der Waals surface area contributed by atoms with Crippen LogP contribution >= 0.6 is 0 Å². The van der Waals surface area contributed by atoms with Crippen molar-refractivity contribution < 1.29 is 4.79 Å². The highest BCUT2D eigenvalue weighted by Crippen LogP contribution is 2.38. The Balaban J connectivity index is 1.85. The average molecular weight is 320 g/mol. The molecular formula is C18H16N4O2. The van der Waals surface area contributed by atoms with Crippen molar-refractivity contribution in [2.75, 3.05) is 0 Å². The van der Waals surface area contributed by atoms with Crippen LogP contribution in [0.3, 0.4) is 0 Å². The maximum atomic E-state index is 12.9. The van der Waals surface area contributed by atoms with E-state index in [1.54, 1.807) is 17.2 Å². The predicted octanol–water partition coefficient (Wildman–Crippen LogP) is 2.15. The van der Waals surface area contributed by atoms with Gasteiger partial charge in [0.15, 0.2) is 0 Å². The molecule has 4 rings (SSSR count). The Morgan fingerprint density at radius 2 is 1.88 bits per heavy atom. The minimum absolute atomic E-state index is 0.0822. The number of nitrogens with one attached hydrogen (secondary N) is 2. The quantitative estimate of drug-likeness (QED) is 0.776. The van der Waals surface area contributed by atoms with Gasteiger partial charge in [0.1, 0.15) is 0 Å². The molecule has 1 amide bonds. The Kier molecular flexibility index (Phi) is 3.30. The van der Waals surface area contributed by atoms with Crippen LogP contribution in [0, 0.1) is 6.92 Å². The van der Waals surface area contributed by atoms with E-state index in [9.17, 15) is 9.59 Å². The van der Waals surface area contributed by atoms with Gasteiger partial charge in [-0.2, -0.15) is 0 Å². The molecule has 6 nitrogen and oxygen atoms in total. The van der Waals surface area contributed by atoms with E-state index in [-0.39, 0.29) is 11.5 Å². The zero-order valence-electron chi connectivity index (χ0n) is 13.1. The Morgan fingerprint density at radius 3 is 2.58 bits per heavy atom. The Hall–Kier alpha value is -3.15. The highest BCUT2D eigenvalue weighted by atomic mass is 16.2. The average Bonchev–Trinajstić information content (AvgIpc) is 3.07. The summed E-state index contributed by atoms with van der Waals surface area (Å²) in [4.78, 5) is 31.2. The highest BCUT2D eigenvalue weighted by Gasteiger charge is 2.39. The van der Waals surface area contributed by atoms with Crippen LogP contribution in [0.4, 0.5) is 0 Å². The normalized spacial score (nSPS) is 16.5. The van der Waals surface area contributed by atoms with Gasteiger partial charge in [-0.3, -0.25) is 19.7 Å². The smallest absolute Gasteiger partial charge is 0.269 e.